The Balaban J connectivity index is 0.0000110. The first-order valence-electron chi connectivity index (χ1n) is 42.2. The van der Waals surface area contributed by atoms with Crippen LogP contribution in [0.3, 0.4) is 0 Å². The van der Waals surface area contributed by atoms with E-state index in [-0.39, 0.29) is 103 Å². The van der Waals surface area contributed by atoms with Gasteiger partial charge in [0.2, 0.25) is 88.6 Å². The van der Waals surface area contributed by atoms with Crippen molar-refractivity contribution < 1.29 is 135 Å². The number of nitrogens with zero attached hydrogens (tertiary/aromatic N) is 1. The largest absolute Gasteiger partial charge is 0.508 e. The predicted octanol–water partition coefficient (Wildman–Crippen LogP) is -5.17. The molecule has 0 aliphatic carbocycles. The number of phenols is 1. The van der Waals surface area contributed by atoms with E-state index in [1.54, 1.807) is 41.5 Å². The Labute approximate surface area is 734 Å². The van der Waals surface area contributed by atoms with Crippen molar-refractivity contribution in [1.29, 1.82) is 0 Å². The minimum absolute atomic E-state index is 0.0254. The number of carbonyl (C=O) groups excluding carboxylic acids is 15. The molecular formula is C80H134F3N19O25. The summed E-state index contributed by atoms with van der Waals surface area (Å²) in [6.07, 6.45) is -6.19. The third-order valence-corrected chi connectivity index (χ3v) is 20.4. The van der Waals surface area contributed by atoms with Crippen molar-refractivity contribution >= 4 is 107 Å². The van der Waals surface area contributed by atoms with E-state index in [0.29, 0.717) is 37.7 Å². The zero-order valence-corrected chi connectivity index (χ0v) is 73.6. The molecule has 1 aliphatic heterocycles. The molecule has 1 fully saturated rings. The number of amides is 15. The Hall–Kier alpha value is -11.0. The number of nitrogens with two attached hydrogens (primary N) is 5. The van der Waals surface area contributed by atoms with Gasteiger partial charge in [0, 0.05) is 19.4 Å². The van der Waals surface area contributed by atoms with Crippen molar-refractivity contribution in [3.8, 4) is 5.75 Å². The van der Waals surface area contributed by atoms with Gasteiger partial charge in [-0.15, -0.1) is 0 Å². The fourth-order valence-corrected chi connectivity index (χ4v) is 12.9. The maximum Gasteiger partial charge on any atom is 0.490 e. The lowest BCUT2D eigenvalue weighted by Gasteiger charge is -2.32. The Morgan fingerprint density at radius 1 is 0.465 bits per heavy atom. The average molecular weight is 1820 g/mol. The van der Waals surface area contributed by atoms with Crippen LogP contribution in [0.1, 0.15) is 184 Å². The van der Waals surface area contributed by atoms with Crippen molar-refractivity contribution in [2.24, 2.45) is 58.3 Å². The maximum absolute atomic E-state index is 15.0. The van der Waals surface area contributed by atoms with Gasteiger partial charge in [0.25, 0.3) is 0 Å². The van der Waals surface area contributed by atoms with E-state index >= 15 is 0 Å². The molecule has 1 aromatic carbocycles. The van der Waals surface area contributed by atoms with Gasteiger partial charge >= 0.3 is 24.1 Å². The minimum atomic E-state index is -5.08. The maximum atomic E-state index is 15.0. The summed E-state index contributed by atoms with van der Waals surface area (Å²) in [4.78, 5) is 244. The smallest absolute Gasteiger partial charge is 0.490 e. The van der Waals surface area contributed by atoms with E-state index in [2.05, 4.69) is 69.1 Å². The number of primary amides is 1. The highest BCUT2D eigenvalue weighted by molar-refractivity contribution is 6.01. The number of rotatable bonds is 57. The number of carbonyl (C=O) groups is 18. The van der Waals surface area contributed by atoms with E-state index in [1.807, 2.05) is 0 Å². The molecule has 0 radical (unpaired) electrons. The second-order valence-corrected chi connectivity index (χ2v) is 32.5. The number of carboxylic acid groups (broad SMARTS) is 3. The molecule has 47 heteroatoms. The van der Waals surface area contributed by atoms with Crippen LogP contribution in [0.2, 0.25) is 0 Å². The summed E-state index contributed by atoms with van der Waals surface area (Å²) in [5, 5.41) is 101. The number of carboxylic acids is 3. The van der Waals surface area contributed by atoms with E-state index in [0.717, 1.165) is 6.92 Å². The van der Waals surface area contributed by atoms with E-state index in [4.69, 9.17) is 38.6 Å². The summed E-state index contributed by atoms with van der Waals surface area (Å²) in [6, 6.07) is -17.2. The van der Waals surface area contributed by atoms with Gasteiger partial charge in [0.15, 0.2) is 0 Å². The van der Waals surface area contributed by atoms with Gasteiger partial charge in [-0.3, -0.25) is 76.7 Å². The first-order valence-corrected chi connectivity index (χ1v) is 42.2. The summed E-state index contributed by atoms with van der Waals surface area (Å²) >= 11 is 0. The number of aromatic hydroxyl groups is 1. The molecule has 30 N–H and O–H groups in total. The van der Waals surface area contributed by atoms with Crippen molar-refractivity contribution in [3.63, 3.8) is 0 Å². The predicted molar refractivity (Wildman–Crippen MR) is 450 cm³/mol. The molecule has 1 saturated heterocycles. The van der Waals surface area contributed by atoms with Crippen molar-refractivity contribution in [3.05, 3.63) is 29.8 Å². The molecule has 1 aliphatic rings. The highest BCUT2D eigenvalue weighted by Gasteiger charge is 2.44. The van der Waals surface area contributed by atoms with Crippen LogP contribution in [0.25, 0.3) is 0 Å². The molecule has 0 aromatic heterocycles. The van der Waals surface area contributed by atoms with Crippen LogP contribution >= 0.6 is 0 Å². The summed E-state index contributed by atoms with van der Waals surface area (Å²) < 4.78 is 31.7. The Kier molecular flexibility index (Phi) is 51.7. The lowest BCUT2D eigenvalue weighted by atomic mass is 9.95. The number of phenolic OH excluding ortho intramolecular Hbond substituents is 1. The number of aliphatic hydroxyl groups is 3. The summed E-state index contributed by atoms with van der Waals surface area (Å²) in [7, 11) is 0. The Morgan fingerprint density at radius 3 is 1.28 bits per heavy atom. The van der Waals surface area contributed by atoms with Gasteiger partial charge < -0.3 is 138 Å². The molecular weight excluding hydrogens is 1680 g/mol. The molecule has 15 amide bonds. The quantitative estimate of drug-likeness (QED) is 0.0271. The average Bonchev–Trinajstić information content (AvgIpc) is 1.57. The van der Waals surface area contributed by atoms with Gasteiger partial charge in [-0.25, -0.2) is 9.59 Å². The van der Waals surface area contributed by atoms with Crippen LogP contribution in [-0.2, 0) is 92.7 Å². The highest BCUT2D eigenvalue weighted by atomic mass is 19.4. The molecule has 0 unspecified atom stereocenters. The second-order valence-electron chi connectivity index (χ2n) is 32.5. The SMILES string of the molecule is CC[C@H](C)[C@H](NC(=O)[C@@H](N)CCC(N)=O)C(=O)N[C@H](C(=O)N[C@@H](Cc1ccc(O)cc1)C(=O)N[C@@H](CCCCN)C(=O)N1CCC[C@H]1C(=O)N[C@H](C(=O)N[C@@H](CC(=O)O)C(=O)N[C@@H](CC(C)C)C(=O)N[C@@H](CO)C(=O)N[C@@H](CCCCN)C(=O)N[C@H](C(=O)N[C@H](C(=O)N[C@@H](CO)C(=O)N[C@@H](CCCCN)C(=O)O)[C@@H](C)O)C(C)C)C(C)C)C(C)C.O=C(O)C(F)(F)F. The highest BCUT2D eigenvalue weighted by Crippen LogP contribution is 2.23. The van der Waals surface area contributed by atoms with Gasteiger partial charge in [0.05, 0.1) is 31.8 Å². The molecule has 0 saturated carbocycles. The fourth-order valence-electron chi connectivity index (χ4n) is 12.9. The van der Waals surface area contributed by atoms with Gasteiger partial charge in [0.1, 0.15) is 90.3 Å². The summed E-state index contributed by atoms with van der Waals surface area (Å²) in [5.41, 5.74) is 28.8. The first kappa shape index (κ1) is 114. The fraction of sp³-hybridized carbons (Fsp3) is 0.700. The number of nitrogens with one attached hydrogen (secondary N) is 13. The third-order valence-electron chi connectivity index (χ3n) is 20.4. The van der Waals surface area contributed by atoms with Crippen molar-refractivity contribution in [2.75, 3.05) is 39.4 Å². The number of hydrogen-bond acceptors (Lipinski definition) is 26. The number of unbranched alkanes of at least 4 members (excludes halogenated alkanes) is 3. The van der Waals surface area contributed by atoms with E-state index in [1.165, 1.54) is 56.9 Å². The topological polar surface area (TPSA) is 739 Å². The van der Waals surface area contributed by atoms with Crippen LogP contribution in [0.5, 0.6) is 5.75 Å². The van der Waals surface area contributed by atoms with Crippen LogP contribution in [-0.4, -0.2) is 289 Å². The molecule has 44 nitrogen and oxygen atoms in total. The summed E-state index contributed by atoms with van der Waals surface area (Å²) in [5.74, 6) is -23.5. The first-order chi connectivity index (χ1) is 59.4. The lowest BCUT2D eigenvalue weighted by Crippen LogP contribution is -2.63. The molecule has 0 bridgehead atoms. The van der Waals surface area contributed by atoms with Crippen LogP contribution in [0, 0.1) is 29.6 Å². The Bertz CT molecular complexity index is 3810. The van der Waals surface area contributed by atoms with Gasteiger partial charge in [-0.1, -0.05) is 87.8 Å². The minimum Gasteiger partial charge on any atom is -0.508 e. The number of aliphatic carboxylic acids is 3. The van der Waals surface area contributed by atoms with Crippen molar-refractivity contribution in [1.82, 2.24) is 74.0 Å². The normalized spacial score (nSPS) is 16.4. The van der Waals surface area contributed by atoms with E-state index in [9.17, 15) is 125 Å². The second kappa shape index (κ2) is 57.6. The molecule has 1 aromatic rings. The molecule has 1 heterocycles. The zero-order chi connectivity index (χ0) is 97.0. The summed E-state index contributed by atoms with van der Waals surface area (Å²) in [6.45, 7) is 15.5. The van der Waals surface area contributed by atoms with Gasteiger partial charge in [-0.05, 0) is 157 Å². The lowest BCUT2D eigenvalue weighted by molar-refractivity contribution is -0.192. The molecule has 2 rings (SSSR count). The Morgan fingerprint density at radius 2 is 0.835 bits per heavy atom. The van der Waals surface area contributed by atoms with Crippen molar-refractivity contribution in [2.45, 2.75) is 288 Å². The number of aliphatic hydroxyl groups excluding tert-OH is 3. The standard InChI is InChI=1S/C78H133N19O23.C2HF3O2/c1-12-43(10)62(95-64(105)47(82)28-29-57(83)102)75(116)94-60(41(6)7)73(114)88-52(35-45-24-26-46(101)27-25-45)67(108)85-49(21-14-17-31-80)77(118)97-33-19-23-56(97)71(112)93-59(40(4)5)72(113)89-53(36-58(103)104)68(109)87-51(34-39(2)3)66(107)90-54(37-98)69(110)84-48(20-13-16-30-79)65(106)92-61(42(8)9)74(115)96-63(44(11)100)76(117)91-55(38-99)70(111)86-50(78(119)120)22-15-18-32-81;3-2(4,5)1(6)7/h24-27,39-44,47-56,59-63,98-101H,12-23,28-38,79-82H2,1-11H3,(H2,83,102)(H,84,110)(H,85,108)(H,86,111)(H,87,109)(H,88,114)(H,89,113)(H,90,107)(H,91,117)(H,92,106)(H,93,112)(H,94,116)(H,95,105)(H,96,115)(H,103,104)(H,119,120);(H,6,7)/t43-,44+,47-,48-,49-,50-,51-,52-,53-,54-,55-,56-,59-,60-,61-,62-,63-;/m0./s1. The number of halogens is 3. The molecule has 127 heavy (non-hydrogen) atoms. The van der Waals surface area contributed by atoms with Crippen LogP contribution in [0.15, 0.2) is 24.3 Å². The van der Waals surface area contributed by atoms with E-state index < -0.39 is 259 Å². The number of hydrogen-bond donors (Lipinski definition) is 25. The number of alkyl halides is 3. The van der Waals surface area contributed by atoms with Gasteiger partial charge in [-0.2, -0.15) is 13.2 Å². The molecule has 0 spiro atoms. The van der Waals surface area contributed by atoms with Crippen LogP contribution < -0.4 is 97.8 Å². The van der Waals surface area contributed by atoms with Crippen LogP contribution in [0.4, 0.5) is 13.2 Å². The number of benzene rings is 1. The monoisotopic (exact) mass is 1820 g/mol. The molecule has 17 atom stereocenters. The zero-order valence-electron chi connectivity index (χ0n) is 73.6. The third kappa shape index (κ3) is 41.1. The number of likely N-dealkylation sites (tertiary alicyclic amines) is 1. The molecule has 720 valence electrons.